The van der Waals surface area contributed by atoms with E-state index in [-0.39, 0.29) is 16.9 Å². The minimum atomic E-state index is -0.254. The lowest BCUT2D eigenvalue weighted by molar-refractivity contribution is -0.131. The molecule has 0 aromatic heterocycles. The van der Waals surface area contributed by atoms with Crippen molar-refractivity contribution in [1.29, 1.82) is 0 Å². The molecule has 2 atom stereocenters. The van der Waals surface area contributed by atoms with Gasteiger partial charge >= 0.3 is 0 Å². The Kier molecular flexibility index (Phi) is 5.06. The molecule has 1 amide bonds. The number of amides is 1. The topological polar surface area (TPSA) is 29.1 Å². The summed E-state index contributed by atoms with van der Waals surface area (Å²) in [5, 5.41) is 4.19. The third-order valence-corrected chi connectivity index (χ3v) is 5.30. The third kappa shape index (κ3) is 3.70. The molecule has 0 bridgehead atoms. The second kappa shape index (κ2) is 5.73. The summed E-state index contributed by atoms with van der Waals surface area (Å²) in [5.41, 5.74) is -0.267. The van der Waals surface area contributed by atoms with E-state index in [2.05, 4.69) is 35.1 Å². The van der Waals surface area contributed by atoms with E-state index in [1.54, 1.807) is 0 Å². The van der Waals surface area contributed by atoms with Crippen LogP contribution in [0.3, 0.4) is 0 Å². The number of alkyl halides is 1. The largest absolute Gasteiger partial charge is 0.349 e. The van der Waals surface area contributed by atoms with Crippen LogP contribution in [0.5, 0.6) is 0 Å². The first kappa shape index (κ1) is 15.0. The van der Waals surface area contributed by atoms with Crippen LogP contribution in [-0.4, -0.2) is 16.8 Å². The minimum Gasteiger partial charge on any atom is -0.349 e. The van der Waals surface area contributed by atoms with Gasteiger partial charge in [-0.1, -0.05) is 56.5 Å². The molecule has 1 fully saturated rings. The minimum absolute atomic E-state index is 0.0127. The van der Waals surface area contributed by atoms with E-state index >= 15 is 0 Å². The molecule has 0 aromatic carbocycles. The van der Waals surface area contributed by atoms with Gasteiger partial charge in [-0.15, -0.1) is 0 Å². The van der Waals surface area contributed by atoms with Crippen LogP contribution in [0.2, 0.25) is 0 Å². The first-order valence-electron chi connectivity index (χ1n) is 6.74. The van der Waals surface area contributed by atoms with Gasteiger partial charge in [-0.25, -0.2) is 0 Å². The number of carbonyl (C=O) groups is 1. The fourth-order valence-electron chi connectivity index (χ4n) is 2.50. The van der Waals surface area contributed by atoms with Crippen molar-refractivity contribution in [1.82, 2.24) is 5.32 Å². The highest BCUT2D eigenvalue weighted by molar-refractivity contribution is 9.09. The van der Waals surface area contributed by atoms with E-state index in [0.29, 0.717) is 5.92 Å². The van der Waals surface area contributed by atoms with E-state index in [0.717, 1.165) is 24.6 Å². The maximum Gasteiger partial charge on any atom is 0.226 e. The van der Waals surface area contributed by atoms with Crippen LogP contribution < -0.4 is 5.32 Å². The van der Waals surface area contributed by atoms with Crippen molar-refractivity contribution in [2.24, 2.45) is 11.3 Å². The SMILES string of the molecule is CCC(C)(C)C(=O)NC1(CBr)CCCC(C)C1. The first-order chi connectivity index (χ1) is 7.85. The molecule has 2 unspecified atom stereocenters. The quantitative estimate of drug-likeness (QED) is 0.785. The number of rotatable bonds is 4. The van der Waals surface area contributed by atoms with Crippen LogP contribution in [0.25, 0.3) is 0 Å². The highest BCUT2D eigenvalue weighted by Crippen LogP contribution is 2.34. The molecule has 2 nitrogen and oxygen atoms in total. The Morgan fingerprint density at radius 2 is 2.18 bits per heavy atom. The van der Waals surface area contributed by atoms with Crippen molar-refractivity contribution in [3.63, 3.8) is 0 Å². The highest BCUT2D eigenvalue weighted by Gasteiger charge is 2.38. The van der Waals surface area contributed by atoms with Crippen molar-refractivity contribution in [2.45, 2.75) is 65.3 Å². The highest BCUT2D eigenvalue weighted by atomic mass is 79.9. The van der Waals surface area contributed by atoms with Crippen LogP contribution in [0.15, 0.2) is 0 Å². The Balaban J connectivity index is 2.72. The van der Waals surface area contributed by atoms with Crippen molar-refractivity contribution >= 4 is 21.8 Å². The van der Waals surface area contributed by atoms with Gasteiger partial charge in [-0.3, -0.25) is 4.79 Å². The smallest absolute Gasteiger partial charge is 0.226 e. The van der Waals surface area contributed by atoms with Crippen molar-refractivity contribution in [3.8, 4) is 0 Å². The Morgan fingerprint density at radius 3 is 2.65 bits per heavy atom. The van der Waals surface area contributed by atoms with Gasteiger partial charge in [0.25, 0.3) is 0 Å². The fraction of sp³-hybridized carbons (Fsp3) is 0.929. The lowest BCUT2D eigenvalue weighted by Gasteiger charge is -2.41. The van der Waals surface area contributed by atoms with Gasteiger partial charge in [0.2, 0.25) is 5.91 Å². The maximum absolute atomic E-state index is 12.3. The van der Waals surface area contributed by atoms with Crippen LogP contribution in [0.1, 0.15) is 59.8 Å². The monoisotopic (exact) mass is 303 g/mol. The average molecular weight is 304 g/mol. The van der Waals surface area contributed by atoms with E-state index in [4.69, 9.17) is 0 Å². The molecule has 1 N–H and O–H groups in total. The molecular weight excluding hydrogens is 278 g/mol. The van der Waals surface area contributed by atoms with Crippen molar-refractivity contribution < 1.29 is 4.79 Å². The van der Waals surface area contributed by atoms with Crippen LogP contribution >= 0.6 is 15.9 Å². The zero-order valence-corrected chi connectivity index (χ0v) is 13.2. The van der Waals surface area contributed by atoms with Gasteiger partial charge in [0.05, 0.1) is 0 Å². The normalized spacial score (nSPS) is 30.1. The average Bonchev–Trinajstić information content (AvgIpc) is 2.29. The standard InChI is InChI=1S/C14H26BrNO/c1-5-13(3,4)12(17)16-14(10-15)8-6-7-11(2)9-14/h11H,5-10H2,1-4H3,(H,16,17). The molecule has 1 aliphatic carbocycles. The molecule has 0 saturated heterocycles. The summed E-state index contributed by atoms with van der Waals surface area (Å²) >= 11 is 3.60. The fourth-order valence-corrected chi connectivity index (χ4v) is 3.15. The molecule has 1 aliphatic rings. The van der Waals surface area contributed by atoms with Crippen molar-refractivity contribution in [2.75, 3.05) is 5.33 Å². The summed E-state index contributed by atoms with van der Waals surface area (Å²) in [7, 11) is 0. The van der Waals surface area contributed by atoms with Gasteiger partial charge in [-0.2, -0.15) is 0 Å². The van der Waals surface area contributed by atoms with Crippen LogP contribution in [0, 0.1) is 11.3 Å². The summed E-state index contributed by atoms with van der Waals surface area (Å²) in [4.78, 5) is 12.3. The van der Waals surface area contributed by atoms with Crippen LogP contribution in [0.4, 0.5) is 0 Å². The molecule has 0 aliphatic heterocycles. The molecule has 100 valence electrons. The molecule has 0 aromatic rings. The van der Waals surface area contributed by atoms with E-state index in [1.807, 2.05) is 13.8 Å². The van der Waals surface area contributed by atoms with Gasteiger partial charge < -0.3 is 5.32 Å². The van der Waals surface area contributed by atoms with Gasteiger partial charge in [-0.05, 0) is 25.2 Å². The molecule has 1 rings (SSSR count). The molecule has 0 heterocycles. The predicted octanol–water partition coefficient (Wildman–Crippen LogP) is 3.88. The number of carbonyl (C=O) groups excluding carboxylic acids is 1. The Morgan fingerprint density at radius 1 is 1.53 bits per heavy atom. The lowest BCUT2D eigenvalue weighted by Crippen LogP contribution is -2.55. The van der Waals surface area contributed by atoms with E-state index < -0.39 is 0 Å². The Hall–Kier alpha value is -0.0500. The second-order valence-corrected chi connectivity index (χ2v) is 6.87. The Bertz CT molecular complexity index is 277. The number of nitrogens with one attached hydrogen (secondary N) is 1. The number of halogens is 1. The lowest BCUT2D eigenvalue weighted by atomic mass is 9.76. The molecule has 0 spiro atoms. The zero-order valence-electron chi connectivity index (χ0n) is 11.6. The second-order valence-electron chi connectivity index (χ2n) is 6.31. The van der Waals surface area contributed by atoms with Gasteiger partial charge in [0.15, 0.2) is 0 Å². The summed E-state index contributed by atoms with van der Waals surface area (Å²) in [6.07, 6.45) is 5.60. The van der Waals surface area contributed by atoms with Crippen LogP contribution in [-0.2, 0) is 4.79 Å². The molecule has 0 radical (unpaired) electrons. The summed E-state index contributed by atoms with van der Waals surface area (Å²) in [6.45, 7) is 8.41. The molecular formula is C14H26BrNO. The van der Waals surface area contributed by atoms with E-state index in [9.17, 15) is 4.79 Å². The third-order valence-electron chi connectivity index (χ3n) is 4.22. The Labute approximate surface area is 114 Å². The number of hydrogen-bond acceptors (Lipinski definition) is 1. The first-order valence-corrected chi connectivity index (χ1v) is 7.86. The molecule has 3 heteroatoms. The van der Waals surface area contributed by atoms with Gasteiger partial charge in [0.1, 0.15) is 0 Å². The summed E-state index contributed by atoms with van der Waals surface area (Å²) in [5.74, 6) is 0.917. The number of hydrogen-bond donors (Lipinski definition) is 1. The van der Waals surface area contributed by atoms with E-state index in [1.165, 1.54) is 12.8 Å². The molecule has 1 saturated carbocycles. The zero-order chi connectivity index (χ0) is 13.1. The summed E-state index contributed by atoms with van der Waals surface area (Å²) < 4.78 is 0. The predicted molar refractivity (Wildman–Crippen MR) is 76.4 cm³/mol. The maximum atomic E-state index is 12.3. The van der Waals surface area contributed by atoms with Gasteiger partial charge in [0, 0.05) is 16.3 Å². The summed E-state index contributed by atoms with van der Waals surface area (Å²) in [6, 6.07) is 0. The molecule has 17 heavy (non-hydrogen) atoms. The van der Waals surface area contributed by atoms with Crippen molar-refractivity contribution in [3.05, 3.63) is 0 Å².